The Labute approximate surface area is 199 Å². The van der Waals surface area contributed by atoms with Gasteiger partial charge in [0.05, 0.1) is 38.1 Å². The molecule has 10 heteroatoms. The van der Waals surface area contributed by atoms with Crippen LogP contribution in [0.2, 0.25) is 0 Å². The number of Topliss-reactive ketones (excluding diaryl/α,β-unsaturated/α-hetero) is 1. The molecule has 0 heterocycles. The Hall–Kier alpha value is -4.21. The summed E-state index contributed by atoms with van der Waals surface area (Å²) in [6, 6.07) is 13.5. The van der Waals surface area contributed by atoms with Gasteiger partial charge in [-0.1, -0.05) is 18.2 Å². The zero-order chi connectivity index (χ0) is 25.6. The van der Waals surface area contributed by atoms with Crippen LogP contribution in [0.4, 0.5) is 24.5 Å². The first-order valence-corrected chi connectivity index (χ1v) is 10.2. The highest BCUT2D eigenvalue weighted by atomic mass is 19.4. The largest absolute Gasteiger partial charge is 0.493 e. The number of para-hydroxylation sites is 1. The summed E-state index contributed by atoms with van der Waals surface area (Å²) in [5.74, 6) is -0.533. The fourth-order valence-electron chi connectivity index (χ4n) is 3.23. The second-order valence-corrected chi connectivity index (χ2v) is 7.16. The predicted octanol–water partition coefficient (Wildman–Crippen LogP) is 5.51. The van der Waals surface area contributed by atoms with E-state index >= 15 is 0 Å². The Morgan fingerprint density at radius 1 is 0.857 bits per heavy atom. The van der Waals surface area contributed by atoms with Crippen LogP contribution in [0.5, 0.6) is 17.2 Å². The van der Waals surface area contributed by atoms with Crippen molar-refractivity contribution < 1.29 is 41.7 Å². The lowest BCUT2D eigenvalue weighted by Crippen LogP contribution is -2.15. The van der Waals surface area contributed by atoms with Gasteiger partial charge in [0.15, 0.2) is 18.1 Å². The molecule has 0 aromatic heterocycles. The molecule has 0 saturated carbocycles. The minimum atomic E-state index is -4.51. The average Bonchev–Trinajstić information content (AvgIpc) is 2.86. The van der Waals surface area contributed by atoms with Crippen LogP contribution in [-0.4, -0.2) is 39.7 Å². The number of methoxy groups -OCH3 is 3. The summed E-state index contributed by atoms with van der Waals surface area (Å²) in [6.07, 6.45) is -4.51. The van der Waals surface area contributed by atoms with E-state index in [2.05, 4.69) is 5.32 Å². The number of ether oxygens (including phenoxy) is 4. The molecule has 3 rings (SSSR count). The van der Waals surface area contributed by atoms with Crippen molar-refractivity contribution in [2.45, 2.75) is 6.18 Å². The van der Waals surface area contributed by atoms with Crippen LogP contribution in [0.3, 0.4) is 0 Å². The summed E-state index contributed by atoms with van der Waals surface area (Å²) < 4.78 is 59.9. The van der Waals surface area contributed by atoms with Gasteiger partial charge in [-0.05, 0) is 42.5 Å². The minimum Gasteiger partial charge on any atom is -0.493 e. The molecule has 0 bridgehead atoms. The number of halogens is 3. The van der Waals surface area contributed by atoms with Gasteiger partial charge in [-0.25, -0.2) is 4.79 Å². The summed E-state index contributed by atoms with van der Waals surface area (Å²) in [7, 11) is 4.23. The average molecular weight is 489 g/mol. The van der Waals surface area contributed by atoms with Crippen LogP contribution >= 0.6 is 0 Å². The van der Waals surface area contributed by atoms with Crippen molar-refractivity contribution in [1.29, 1.82) is 0 Å². The van der Waals surface area contributed by atoms with Gasteiger partial charge in [0.1, 0.15) is 0 Å². The zero-order valence-electron chi connectivity index (χ0n) is 19.1. The van der Waals surface area contributed by atoms with Gasteiger partial charge in [-0.15, -0.1) is 0 Å². The monoisotopic (exact) mass is 489 g/mol. The maximum atomic E-state index is 13.0. The zero-order valence-corrected chi connectivity index (χ0v) is 19.1. The number of hydrogen-bond donors (Lipinski definition) is 1. The molecular weight excluding hydrogens is 467 g/mol. The van der Waals surface area contributed by atoms with Gasteiger partial charge in [0.25, 0.3) is 0 Å². The van der Waals surface area contributed by atoms with Crippen LogP contribution in [0.15, 0.2) is 60.7 Å². The van der Waals surface area contributed by atoms with E-state index in [1.165, 1.54) is 57.7 Å². The highest BCUT2D eigenvalue weighted by Gasteiger charge is 2.30. The van der Waals surface area contributed by atoms with Crippen LogP contribution in [0, 0.1) is 0 Å². The molecule has 7 nitrogen and oxygen atoms in total. The number of benzene rings is 3. The van der Waals surface area contributed by atoms with E-state index in [-0.39, 0.29) is 34.0 Å². The van der Waals surface area contributed by atoms with Crippen molar-refractivity contribution in [2.24, 2.45) is 0 Å². The SMILES string of the molecule is COc1cc(C(=O)COC(=O)c2ccccc2Nc2cccc(C(F)(F)F)c2)cc(OC)c1OC. The van der Waals surface area contributed by atoms with E-state index in [9.17, 15) is 22.8 Å². The van der Waals surface area contributed by atoms with Crippen LogP contribution < -0.4 is 19.5 Å². The number of ketones is 1. The third-order valence-electron chi connectivity index (χ3n) is 4.94. The molecule has 0 atom stereocenters. The van der Waals surface area contributed by atoms with E-state index in [0.29, 0.717) is 5.75 Å². The molecule has 35 heavy (non-hydrogen) atoms. The van der Waals surface area contributed by atoms with Gasteiger partial charge in [-0.2, -0.15) is 13.2 Å². The van der Waals surface area contributed by atoms with Gasteiger partial charge < -0.3 is 24.3 Å². The van der Waals surface area contributed by atoms with Crippen LogP contribution in [-0.2, 0) is 10.9 Å². The summed E-state index contributed by atoms with van der Waals surface area (Å²) >= 11 is 0. The fourth-order valence-corrected chi connectivity index (χ4v) is 3.23. The molecule has 3 aromatic carbocycles. The Balaban J connectivity index is 1.76. The molecule has 0 saturated heterocycles. The molecule has 1 N–H and O–H groups in total. The lowest BCUT2D eigenvalue weighted by molar-refractivity contribution is -0.137. The van der Waals surface area contributed by atoms with Crippen molar-refractivity contribution in [1.82, 2.24) is 0 Å². The van der Waals surface area contributed by atoms with Crippen molar-refractivity contribution in [3.63, 3.8) is 0 Å². The third-order valence-corrected chi connectivity index (χ3v) is 4.94. The lowest BCUT2D eigenvalue weighted by Gasteiger charge is -2.14. The number of hydrogen-bond acceptors (Lipinski definition) is 7. The molecule has 0 radical (unpaired) electrons. The standard InChI is InChI=1S/C25H22F3NO6/c1-32-21-11-15(12-22(33-2)23(21)34-3)20(30)14-35-24(31)18-9-4-5-10-19(18)29-17-8-6-7-16(13-17)25(26,27)28/h4-13,29H,14H2,1-3H3. The van der Waals surface area contributed by atoms with E-state index in [1.54, 1.807) is 12.1 Å². The first-order chi connectivity index (χ1) is 16.7. The first kappa shape index (κ1) is 25.4. The van der Waals surface area contributed by atoms with Crippen molar-refractivity contribution in [2.75, 3.05) is 33.3 Å². The highest BCUT2D eigenvalue weighted by molar-refractivity contribution is 6.01. The Morgan fingerprint density at radius 3 is 2.11 bits per heavy atom. The summed E-state index contributed by atoms with van der Waals surface area (Å²) in [5.41, 5.74) is -0.269. The Morgan fingerprint density at radius 2 is 1.51 bits per heavy atom. The third kappa shape index (κ3) is 6.03. The quantitative estimate of drug-likeness (QED) is 0.313. The molecule has 0 spiro atoms. The number of nitrogens with one attached hydrogen (secondary N) is 1. The van der Waals surface area contributed by atoms with Gasteiger partial charge in [-0.3, -0.25) is 4.79 Å². The number of alkyl halides is 3. The molecule has 0 aliphatic carbocycles. The van der Waals surface area contributed by atoms with Gasteiger partial charge in [0.2, 0.25) is 11.5 Å². The van der Waals surface area contributed by atoms with Crippen molar-refractivity contribution >= 4 is 23.1 Å². The summed E-state index contributed by atoms with van der Waals surface area (Å²) in [5, 5.41) is 2.80. The fraction of sp³-hybridized carbons (Fsp3) is 0.200. The predicted molar refractivity (Wildman–Crippen MR) is 122 cm³/mol. The molecule has 184 valence electrons. The number of esters is 1. The summed E-state index contributed by atoms with van der Waals surface area (Å²) in [6.45, 7) is -0.588. The number of anilines is 2. The van der Waals surface area contributed by atoms with Crippen molar-refractivity contribution in [3.8, 4) is 17.2 Å². The molecular formula is C25H22F3NO6. The number of rotatable bonds is 9. The van der Waals surface area contributed by atoms with Crippen LogP contribution in [0.1, 0.15) is 26.3 Å². The molecule has 0 aliphatic heterocycles. The number of carbonyl (C=O) groups is 2. The Bertz CT molecular complexity index is 1200. The first-order valence-electron chi connectivity index (χ1n) is 10.2. The summed E-state index contributed by atoms with van der Waals surface area (Å²) in [4.78, 5) is 25.4. The number of carbonyl (C=O) groups excluding carboxylic acids is 2. The maximum absolute atomic E-state index is 13.0. The normalized spacial score (nSPS) is 10.9. The smallest absolute Gasteiger partial charge is 0.416 e. The van der Waals surface area contributed by atoms with Crippen LogP contribution in [0.25, 0.3) is 0 Å². The molecule has 3 aromatic rings. The van der Waals surface area contributed by atoms with E-state index in [1.807, 2.05) is 0 Å². The minimum absolute atomic E-state index is 0.0441. The van der Waals surface area contributed by atoms with Gasteiger partial charge in [0, 0.05) is 11.3 Å². The Kier molecular flexibility index (Phi) is 7.85. The van der Waals surface area contributed by atoms with E-state index in [4.69, 9.17) is 18.9 Å². The molecule has 0 amide bonds. The molecule has 0 unspecified atom stereocenters. The maximum Gasteiger partial charge on any atom is 0.416 e. The van der Waals surface area contributed by atoms with Gasteiger partial charge >= 0.3 is 12.1 Å². The second-order valence-electron chi connectivity index (χ2n) is 7.16. The highest BCUT2D eigenvalue weighted by Crippen LogP contribution is 2.38. The lowest BCUT2D eigenvalue weighted by atomic mass is 10.1. The van der Waals surface area contributed by atoms with Crippen molar-refractivity contribution in [3.05, 3.63) is 77.4 Å². The van der Waals surface area contributed by atoms with E-state index in [0.717, 1.165) is 12.1 Å². The molecule has 0 fully saturated rings. The topological polar surface area (TPSA) is 83.1 Å². The second kappa shape index (κ2) is 10.8. The molecule has 0 aliphatic rings. The van der Waals surface area contributed by atoms with E-state index < -0.39 is 30.1 Å².